The third kappa shape index (κ3) is 5.48. The van der Waals surface area contributed by atoms with E-state index in [4.69, 9.17) is 14.7 Å². The van der Waals surface area contributed by atoms with Crippen LogP contribution in [0.1, 0.15) is 46.5 Å². The molecule has 1 aliphatic heterocycles. The van der Waals surface area contributed by atoms with Gasteiger partial charge in [-0.2, -0.15) is 5.26 Å². The van der Waals surface area contributed by atoms with E-state index in [1.165, 1.54) is 6.07 Å². The highest BCUT2D eigenvalue weighted by Crippen LogP contribution is 2.22. The van der Waals surface area contributed by atoms with E-state index in [0.717, 1.165) is 0 Å². The molecule has 1 fully saturated rings. The van der Waals surface area contributed by atoms with Crippen molar-refractivity contribution >= 4 is 28.9 Å². The van der Waals surface area contributed by atoms with E-state index in [9.17, 15) is 9.59 Å². The first-order valence-corrected chi connectivity index (χ1v) is 11.5. The molecule has 10 nitrogen and oxygen atoms in total. The lowest BCUT2D eigenvalue weighted by atomic mass is 10.1. The fourth-order valence-corrected chi connectivity index (χ4v) is 4.23. The van der Waals surface area contributed by atoms with Crippen LogP contribution in [-0.4, -0.2) is 70.3 Å². The average Bonchev–Trinajstić information content (AvgIpc) is 3.19. The summed E-state index contributed by atoms with van der Waals surface area (Å²) in [5.74, 6) is -0.207. The van der Waals surface area contributed by atoms with Crippen LogP contribution < -0.4 is 5.32 Å². The van der Waals surface area contributed by atoms with E-state index in [1.807, 2.05) is 19.9 Å². The lowest BCUT2D eigenvalue weighted by Crippen LogP contribution is -2.48. The molecule has 2 atom stereocenters. The van der Waals surface area contributed by atoms with Gasteiger partial charge in [0.2, 0.25) is 5.95 Å². The van der Waals surface area contributed by atoms with E-state index in [1.54, 1.807) is 47.0 Å². The molecule has 1 N–H and O–H groups in total. The van der Waals surface area contributed by atoms with Gasteiger partial charge in [0.15, 0.2) is 5.65 Å². The number of amides is 2. The molecule has 0 radical (unpaired) electrons. The third-order valence-electron chi connectivity index (χ3n) is 5.75. The van der Waals surface area contributed by atoms with Crippen LogP contribution >= 0.6 is 0 Å². The molecule has 35 heavy (non-hydrogen) atoms. The van der Waals surface area contributed by atoms with Crippen molar-refractivity contribution in [2.24, 2.45) is 0 Å². The molecule has 0 aliphatic carbocycles. The Morgan fingerprint density at radius 2 is 2.00 bits per heavy atom. The number of hydrogen-bond donors (Lipinski definition) is 1. The smallest absolute Gasteiger partial charge is 0.258 e. The lowest BCUT2D eigenvalue weighted by molar-refractivity contribution is -0.0586. The maximum Gasteiger partial charge on any atom is 0.258 e. The van der Waals surface area contributed by atoms with Gasteiger partial charge < -0.3 is 14.4 Å². The molecule has 0 saturated carbocycles. The van der Waals surface area contributed by atoms with Crippen molar-refractivity contribution in [1.29, 1.82) is 5.26 Å². The molecule has 10 heteroatoms. The van der Waals surface area contributed by atoms with E-state index in [-0.39, 0.29) is 18.1 Å². The second kappa shape index (κ2) is 10.6. The van der Waals surface area contributed by atoms with Crippen molar-refractivity contribution in [2.75, 3.05) is 32.1 Å². The summed E-state index contributed by atoms with van der Waals surface area (Å²) < 4.78 is 12.7. The number of morpholine rings is 1. The molecular formula is C25H28N6O4. The predicted octanol–water partition coefficient (Wildman–Crippen LogP) is 2.84. The monoisotopic (exact) mass is 476 g/mol. The summed E-state index contributed by atoms with van der Waals surface area (Å²) in [5, 5.41) is 12.0. The van der Waals surface area contributed by atoms with E-state index < -0.39 is 5.91 Å². The van der Waals surface area contributed by atoms with Crippen molar-refractivity contribution < 1.29 is 19.1 Å². The molecule has 0 bridgehead atoms. The van der Waals surface area contributed by atoms with E-state index in [2.05, 4.69) is 15.3 Å². The number of aromatic nitrogens is 3. The van der Waals surface area contributed by atoms with Gasteiger partial charge in [-0.1, -0.05) is 6.07 Å². The number of nitriles is 1. The Bertz CT molecular complexity index is 1270. The van der Waals surface area contributed by atoms with Crippen molar-refractivity contribution in [3.63, 3.8) is 0 Å². The second-order valence-electron chi connectivity index (χ2n) is 8.61. The summed E-state index contributed by atoms with van der Waals surface area (Å²) in [6, 6.07) is 10.2. The maximum absolute atomic E-state index is 13.1. The van der Waals surface area contributed by atoms with Crippen LogP contribution in [0.3, 0.4) is 0 Å². The van der Waals surface area contributed by atoms with E-state index >= 15 is 0 Å². The standard InChI is InChI=1S/C25H28N6O4/c1-16-14-30(15-17(2)35-16)24(33)20-11-21-22(27-13-20)31(8-5-9-34-3)25(28-21)29-23(32)19-7-4-6-18(10-19)12-26/h4,6-7,10-11,13,16-17H,5,8-9,14-15H2,1-3H3,(H,28,29,32). The van der Waals surface area contributed by atoms with Crippen molar-refractivity contribution in [2.45, 2.75) is 39.0 Å². The third-order valence-corrected chi connectivity index (χ3v) is 5.75. The number of fused-ring (bicyclic) bond motifs is 1. The number of methoxy groups -OCH3 is 1. The van der Waals surface area contributed by atoms with Crippen molar-refractivity contribution in [3.05, 3.63) is 53.2 Å². The van der Waals surface area contributed by atoms with Gasteiger partial charge in [-0.05, 0) is 44.5 Å². The first-order chi connectivity index (χ1) is 16.9. The molecule has 1 saturated heterocycles. The quantitative estimate of drug-likeness (QED) is 0.520. The zero-order chi connectivity index (χ0) is 24.9. The second-order valence-corrected chi connectivity index (χ2v) is 8.61. The van der Waals surface area contributed by atoms with Crippen LogP contribution in [0.15, 0.2) is 36.5 Å². The molecule has 2 aromatic heterocycles. The topological polar surface area (TPSA) is 122 Å². The summed E-state index contributed by atoms with van der Waals surface area (Å²) in [6.07, 6.45) is 2.15. The summed E-state index contributed by atoms with van der Waals surface area (Å²) >= 11 is 0. The van der Waals surface area contributed by atoms with Gasteiger partial charge in [-0.15, -0.1) is 0 Å². The molecule has 2 amide bonds. The van der Waals surface area contributed by atoms with Crippen LogP contribution in [0.5, 0.6) is 0 Å². The highest BCUT2D eigenvalue weighted by atomic mass is 16.5. The zero-order valence-electron chi connectivity index (χ0n) is 20.0. The van der Waals surface area contributed by atoms with Gasteiger partial charge >= 0.3 is 0 Å². The van der Waals surface area contributed by atoms with E-state index in [0.29, 0.717) is 66.5 Å². The average molecular weight is 477 g/mol. The van der Waals surface area contributed by atoms with Crippen LogP contribution in [0, 0.1) is 11.3 Å². The van der Waals surface area contributed by atoms with Gasteiger partial charge in [0.1, 0.15) is 5.52 Å². The van der Waals surface area contributed by atoms with Gasteiger partial charge in [0.05, 0.1) is 29.4 Å². The minimum absolute atomic E-state index is 0.0410. The summed E-state index contributed by atoms with van der Waals surface area (Å²) in [7, 11) is 1.63. The Labute approximate surface area is 203 Å². The first-order valence-electron chi connectivity index (χ1n) is 11.5. The Hall–Kier alpha value is -3.81. The Balaban J connectivity index is 1.64. The molecule has 3 aromatic rings. The molecule has 1 aliphatic rings. The maximum atomic E-state index is 13.1. The molecule has 1 aromatic carbocycles. The number of benzene rings is 1. The number of rotatable bonds is 7. The largest absolute Gasteiger partial charge is 0.385 e. The number of aryl methyl sites for hydroxylation is 1. The first kappa shape index (κ1) is 24.3. The Morgan fingerprint density at radius 3 is 2.71 bits per heavy atom. The van der Waals surface area contributed by atoms with Crippen LogP contribution in [0.2, 0.25) is 0 Å². The van der Waals surface area contributed by atoms with Crippen molar-refractivity contribution in [1.82, 2.24) is 19.4 Å². The molecule has 3 heterocycles. The van der Waals surface area contributed by atoms with Gasteiger partial charge in [-0.3, -0.25) is 19.5 Å². The number of imidazole rings is 1. The van der Waals surface area contributed by atoms with Crippen LogP contribution in [-0.2, 0) is 16.0 Å². The molecule has 182 valence electrons. The normalized spacial score (nSPS) is 17.8. The highest BCUT2D eigenvalue weighted by molar-refractivity contribution is 6.04. The summed E-state index contributed by atoms with van der Waals surface area (Å²) in [4.78, 5) is 36.9. The summed E-state index contributed by atoms with van der Waals surface area (Å²) in [5.41, 5.74) is 2.23. The Morgan fingerprint density at radius 1 is 1.23 bits per heavy atom. The number of nitrogens with one attached hydrogen (secondary N) is 1. The molecule has 4 rings (SSSR count). The summed E-state index contributed by atoms with van der Waals surface area (Å²) in [6.45, 7) is 5.95. The molecule has 0 spiro atoms. The lowest BCUT2D eigenvalue weighted by Gasteiger charge is -2.35. The van der Waals surface area contributed by atoms with Crippen LogP contribution in [0.25, 0.3) is 11.2 Å². The van der Waals surface area contributed by atoms with Gasteiger partial charge in [0.25, 0.3) is 11.8 Å². The number of pyridine rings is 1. The minimum Gasteiger partial charge on any atom is -0.385 e. The van der Waals surface area contributed by atoms with Gasteiger partial charge in [-0.25, -0.2) is 9.97 Å². The molecule has 2 unspecified atom stereocenters. The highest BCUT2D eigenvalue weighted by Gasteiger charge is 2.27. The van der Waals surface area contributed by atoms with Crippen LogP contribution in [0.4, 0.5) is 5.95 Å². The number of carbonyl (C=O) groups excluding carboxylic acids is 2. The SMILES string of the molecule is COCCCn1c(NC(=O)c2cccc(C#N)c2)nc2cc(C(=O)N3CC(C)OC(C)C3)cnc21. The zero-order valence-corrected chi connectivity index (χ0v) is 20.0. The van der Waals surface area contributed by atoms with Gasteiger partial charge in [0, 0.05) is 45.1 Å². The number of hydrogen-bond acceptors (Lipinski definition) is 7. The molecular weight excluding hydrogens is 448 g/mol. The fraction of sp³-hybridized carbons (Fsp3) is 0.400. The predicted molar refractivity (Wildman–Crippen MR) is 129 cm³/mol. The number of carbonyl (C=O) groups is 2. The van der Waals surface area contributed by atoms with Crippen molar-refractivity contribution in [3.8, 4) is 6.07 Å². The number of anilines is 1. The minimum atomic E-state index is -0.391. The number of nitrogens with zero attached hydrogens (tertiary/aromatic N) is 5. The number of ether oxygens (including phenoxy) is 2. The fourth-order valence-electron chi connectivity index (χ4n) is 4.23. The Kier molecular flexibility index (Phi) is 7.39.